The Balaban J connectivity index is 2.04. The van der Waals surface area contributed by atoms with Crippen molar-refractivity contribution in [3.05, 3.63) is 12.2 Å². The predicted molar refractivity (Wildman–Crippen MR) is 71.7 cm³/mol. The van der Waals surface area contributed by atoms with E-state index in [1.807, 2.05) is 19.2 Å². The zero-order valence-electron chi connectivity index (χ0n) is 11.3. The highest BCUT2D eigenvalue weighted by Crippen LogP contribution is 2.28. The Morgan fingerprint density at radius 3 is 2.32 bits per heavy atom. The number of carboxylic acids is 1. The zero-order chi connectivity index (χ0) is 13.8. The summed E-state index contributed by atoms with van der Waals surface area (Å²) in [5, 5.41) is 12.5. The average molecular weight is 266 g/mol. The molecule has 19 heavy (non-hydrogen) atoms. The number of allylic oxidation sites excluding steroid dienone is 2. The standard InChI is InChI=1S/C14H22N2O3/c1-16(10-6-8-15-9-7-10)13(17)11-4-2-3-5-12(11)14(18)19/h2-3,10-12,15H,4-9H2,1H3,(H,18,19). The zero-order valence-corrected chi connectivity index (χ0v) is 11.3. The predicted octanol–water partition coefficient (Wildman–Crippen LogP) is 0.864. The Bertz CT molecular complexity index is 375. The molecule has 1 fully saturated rings. The summed E-state index contributed by atoms with van der Waals surface area (Å²) in [7, 11) is 1.82. The number of carboxylic acid groups (broad SMARTS) is 1. The van der Waals surface area contributed by atoms with Crippen molar-refractivity contribution in [3.63, 3.8) is 0 Å². The van der Waals surface area contributed by atoms with Crippen LogP contribution in [0.25, 0.3) is 0 Å². The number of hydrogen-bond donors (Lipinski definition) is 2. The van der Waals surface area contributed by atoms with Gasteiger partial charge in [-0.15, -0.1) is 0 Å². The molecule has 0 radical (unpaired) electrons. The molecule has 2 rings (SSSR count). The lowest BCUT2D eigenvalue weighted by Gasteiger charge is -2.35. The number of nitrogens with zero attached hydrogens (tertiary/aromatic N) is 1. The first kappa shape index (κ1) is 14.1. The van der Waals surface area contributed by atoms with Crippen LogP contribution in [0.5, 0.6) is 0 Å². The summed E-state index contributed by atoms with van der Waals surface area (Å²) in [6.45, 7) is 1.85. The molecule has 2 atom stereocenters. The van der Waals surface area contributed by atoms with E-state index in [-0.39, 0.29) is 11.9 Å². The van der Waals surface area contributed by atoms with Crippen molar-refractivity contribution in [1.82, 2.24) is 10.2 Å². The van der Waals surface area contributed by atoms with Gasteiger partial charge in [-0.2, -0.15) is 0 Å². The summed E-state index contributed by atoms with van der Waals surface area (Å²) in [5.41, 5.74) is 0. The molecule has 5 nitrogen and oxygen atoms in total. The molecule has 0 saturated carbocycles. The van der Waals surface area contributed by atoms with E-state index in [1.54, 1.807) is 4.90 Å². The molecule has 0 aromatic heterocycles. The number of carbonyl (C=O) groups is 2. The van der Waals surface area contributed by atoms with E-state index < -0.39 is 17.8 Å². The van der Waals surface area contributed by atoms with Gasteiger partial charge >= 0.3 is 5.97 Å². The van der Waals surface area contributed by atoms with Gasteiger partial charge in [-0.25, -0.2) is 0 Å². The molecule has 5 heteroatoms. The minimum Gasteiger partial charge on any atom is -0.481 e. The number of piperidine rings is 1. The number of nitrogens with one attached hydrogen (secondary N) is 1. The lowest BCUT2D eigenvalue weighted by atomic mass is 9.81. The minimum absolute atomic E-state index is 0.0105. The Kier molecular flexibility index (Phi) is 4.58. The van der Waals surface area contributed by atoms with Gasteiger partial charge in [0.25, 0.3) is 0 Å². The quantitative estimate of drug-likeness (QED) is 0.744. The summed E-state index contributed by atoms with van der Waals surface area (Å²) in [6.07, 6.45) is 6.70. The largest absolute Gasteiger partial charge is 0.481 e. The molecule has 1 heterocycles. The van der Waals surface area contributed by atoms with Gasteiger partial charge in [0, 0.05) is 13.1 Å². The van der Waals surface area contributed by atoms with E-state index in [0.29, 0.717) is 12.8 Å². The molecule has 1 saturated heterocycles. The fraction of sp³-hybridized carbons (Fsp3) is 0.714. The third kappa shape index (κ3) is 3.15. The molecule has 2 aliphatic rings. The number of hydrogen-bond acceptors (Lipinski definition) is 3. The van der Waals surface area contributed by atoms with Crippen molar-refractivity contribution in [2.45, 2.75) is 31.7 Å². The Labute approximate surface area is 113 Å². The maximum absolute atomic E-state index is 12.5. The van der Waals surface area contributed by atoms with Crippen LogP contribution < -0.4 is 5.32 Å². The highest BCUT2D eigenvalue weighted by molar-refractivity contribution is 5.85. The monoisotopic (exact) mass is 266 g/mol. The van der Waals surface area contributed by atoms with Crippen molar-refractivity contribution in [2.75, 3.05) is 20.1 Å². The van der Waals surface area contributed by atoms with Crippen LogP contribution in [0, 0.1) is 11.8 Å². The van der Waals surface area contributed by atoms with Gasteiger partial charge in [0.05, 0.1) is 11.8 Å². The lowest BCUT2D eigenvalue weighted by Crippen LogP contribution is -2.48. The van der Waals surface area contributed by atoms with Crippen LogP contribution >= 0.6 is 0 Å². The van der Waals surface area contributed by atoms with E-state index in [2.05, 4.69) is 5.32 Å². The van der Waals surface area contributed by atoms with Gasteiger partial charge < -0.3 is 15.3 Å². The van der Waals surface area contributed by atoms with E-state index in [9.17, 15) is 14.7 Å². The van der Waals surface area contributed by atoms with Crippen LogP contribution in [0.2, 0.25) is 0 Å². The maximum atomic E-state index is 12.5. The SMILES string of the molecule is CN(C(=O)C1CC=CCC1C(=O)O)C1CCNCC1. The van der Waals surface area contributed by atoms with E-state index in [0.717, 1.165) is 25.9 Å². The van der Waals surface area contributed by atoms with E-state index >= 15 is 0 Å². The molecule has 1 aliphatic carbocycles. The number of amides is 1. The maximum Gasteiger partial charge on any atom is 0.307 e. The minimum atomic E-state index is -0.860. The second-order valence-electron chi connectivity index (χ2n) is 5.42. The molecular weight excluding hydrogens is 244 g/mol. The summed E-state index contributed by atoms with van der Waals surface area (Å²) >= 11 is 0. The fourth-order valence-electron chi connectivity index (χ4n) is 3.00. The Morgan fingerprint density at radius 1 is 1.16 bits per heavy atom. The third-order valence-corrected chi connectivity index (χ3v) is 4.27. The van der Waals surface area contributed by atoms with Crippen molar-refractivity contribution in [2.24, 2.45) is 11.8 Å². The molecule has 2 unspecified atom stereocenters. The molecule has 0 aromatic rings. The van der Waals surface area contributed by atoms with Crippen molar-refractivity contribution in [3.8, 4) is 0 Å². The number of aliphatic carboxylic acids is 1. The third-order valence-electron chi connectivity index (χ3n) is 4.27. The van der Waals surface area contributed by atoms with Crippen LogP contribution in [-0.4, -0.2) is 48.1 Å². The van der Waals surface area contributed by atoms with Gasteiger partial charge in [0.2, 0.25) is 5.91 Å². The van der Waals surface area contributed by atoms with Gasteiger partial charge in [-0.1, -0.05) is 12.2 Å². The summed E-state index contributed by atoms with van der Waals surface area (Å²) < 4.78 is 0. The number of rotatable bonds is 3. The van der Waals surface area contributed by atoms with Crippen molar-refractivity contribution < 1.29 is 14.7 Å². The first-order chi connectivity index (χ1) is 9.11. The van der Waals surface area contributed by atoms with Crippen LogP contribution in [0.3, 0.4) is 0 Å². The van der Waals surface area contributed by atoms with Gasteiger partial charge in [-0.05, 0) is 38.8 Å². The summed E-state index contributed by atoms with van der Waals surface area (Å²) in [5.74, 6) is -1.84. The Hall–Kier alpha value is -1.36. The smallest absolute Gasteiger partial charge is 0.307 e. The molecule has 106 valence electrons. The van der Waals surface area contributed by atoms with Gasteiger partial charge in [0.1, 0.15) is 0 Å². The van der Waals surface area contributed by atoms with Crippen LogP contribution in [0.1, 0.15) is 25.7 Å². The molecule has 0 aromatic carbocycles. The lowest BCUT2D eigenvalue weighted by molar-refractivity contribution is -0.151. The second-order valence-corrected chi connectivity index (χ2v) is 5.42. The first-order valence-corrected chi connectivity index (χ1v) is 6.96. The summed E-state index contributed by atoms with van der Waals surface area (Å²) in [4.78, 5) is 25.6. The van der Waals surface area contributed by atoms with E-state index in [1.165, 1.54) is 0 Å². The van der Waals surface area contributed by atoms with Crippen LogP contribution in [-0.2, 0) is 9.59 Å². The first-order valence-electron chi connectivity index (χ1n) is 6.96. The van der Waals surface area contributed by atoms with Gasteiger partial charge in [0.15, 0.2) is 0 Å². The Morgan fingerprint density at radius 2 is 1.74 bits per heavy atom. The molecule has 0 spiro atoms. The van der Waals surface area contributed by atoms with Gasteiger partial charge in [-0.3, -0.25) is 9.59 Å². The molecule has 1 amide bonds. The molecule has 0 bridgehead atoms. The van der Waals surface area contributed by atoms with Crippen molar-refractivity contribution >= 4 is 11.9 Å². The summed E-state index contributed by atoms with van der Waals surface area (Å²) in [6, 6.07) is 0.245. The second kappa shape index (κ2) is 6.19. The topological polar surface area (TPSA) is 69.6 Å². The molecular formula is C14H22N2O3. The number of carbonyl (C=O) groups excluding carboxylic acids is 1. The molecule has 2 N–H and O–H groups in total. The van der Waals surface area contributed by atoms with E-state index in [4.69, 9.17) is 0 Å². The normalized spacial score (nSPS) is 28.1. The van der Waals surface area contributed by atoms with Crippen LogP contribution in [0.15, 0.2) is 12.2 Å². The van der Waals surface area contributed by atoms with Crippen molar-refractivity contribution in [1.29, 1.82) is 0 Å². The highest BCUT2D eigenvalue weighted by Gasteiger charge is 2.37. The molecule has 1 aliphatic heterocycles. The van der Waals surface area contributed by atoms with Crippen LogP contribution in [0.4, 0.5) is 0 Å². The highest BCUT2D eigenvalue weighted by atomic mass is 16.4. The average Bonchev–Trinajstić information content (AvgIpc) is 2.46. The fourth-order valence-corrected chi connectivity index (χ4v) is 3.00.